The van der Waals surface area contributed by atoms with Crippen LogP contribution in [0.1, 0.15) is 50.3 Å². The van der Waals surface area contributed by atoms with Crippen LogP contribution in [-0.2, 0) is 11.8 Å². The number of anilines is 1. The lowest BCUT2D eigenvalue weighted by atomic mass is 10.0. The van der Waals surface area contributed by atoms with Crippen molar-refractivity contribution in [2.75, 3.05) is 12.3 Å². The average Bonchev–Trinajstić information content (AvgIpc) is 3.35. The normalized spacial score (nSPS) is 21.2. The number of carbonyl (C=O) groups is 1. The number of hydrogen-bond acceptors (Lipinski definition) is 5. The molecule has 1 atom stereocenters. The van der Waals surface area contributed by atoms with Crippen LogP contribution in [-0.4, -0.2) is 37.1 Å². The number of nitrogens with zero attached hydrogens (tertiary/aromatic N) is 5. The second kappa shape index (κ2) is 6.46. The molecule has 4 rings (SSSR count). The third kappa shape index (κ3) is 2.99. The van der Waals surface area contributed by atoms with Crippen molar-refractivity contribution in [3.63, 3.8) is 0 Å². The number of aryl methyl sites for hydroxylation is 1. The van der Waals surface area contributed by atoms with Gasteiger partial charge in [0.2, 0.25) is 11.9 Å². The summed E-state index contributed by atoms with van der Waals surface area (Å²) in [6.07, 6.45) is 11.8. The van der Waals surface area contributed by atoms with Crippen molar-refractivity contribution in [2.45, 2.75) is 44.6 Å². The number of nitrogen functional groups attached to an aromatic ring is 1. The van der Waals surface area contributed by atoms with E-state index in [9.17, 15) is 4.79 Å². The quantitative estimate of drug-likeness (QED) is 0.926. The lowest BCUT2D eigenvalue weighted by molar-refractivity contribution is -0.136. The summed E-state index contributed by atoms with van der Waals surface area (Å²) < 4.78 is 1.76. The Hall–Kier alpha value is -2.44. The second-order valence-electron chi connectivity index (χ2n) is 7.10. The number of rotatable bonds is 3. The molecule has 0 radical (unpaired) electrons. The lowest BCUT2D eigenvalue weighted by Crippen LogP contribution is -2.35. The van der Waals surface area contributed by atoms with Crippen LogP contribution in [0, 0.1) is 5.92 Å². The molecule has 1 unspecified atom stereocenters. The molecule has 7 nitrogen and oxygen atoms in total. The smallest absolute Gasteiger partial charge is 0.226 e. The highest BCUT2D eigenvalue weighted by atomic mass is 16.2. The number of aromatic nitrogens is 4. The number of nitrogens with two attached hydrogens (primary N) is 1. The molecule has 2 aromatic rings. The monoisotopic (exact) mass is 340 g/mol. The van der Waals surface area contributed by atoms with Crippen molar-refractivity contribution in [1.29, 1.82) is 0 Å². The first kappa shape index (κ1) is 16.1. The Morgan fingerprint density at radius 1 is 1.20 bits per heavy atom. The van der Waals surface area contributed by atoms with Gasteiger partial charge in [0.1, 0.15) is 0 Å². The number of amides is 1. The van der Waals surface area contributed by atoms with E-state index >= 15 is 0 Å². The van der Waals surface area contributed by atoms with Crippen LogP contribution >= 0.6 is 0 Å². The van der Waals surface area contributed by atoms with Gasteiger partial charge in [-0.15, -0.1) is 0 Å². The predicted molar refractivity (Wildman–Crippen MR) is 94.3 cm³/mol. The first-order valence-electron chi connectivity index (χ1n) is 9.05. The molecule has 1 saturated carbocycles. The van der Waals surface area contributed by atoms with Gasteiger partial charge in [-0.05, 0) is 25.7 Å². The third-order valence-electron chi connectivity index (χ3n) is 5.41. The molecule has 0 spiro atoms. The Kier molecular flexibility index (Phi) is 4.15. The molecule has 2 fully saturated rings. The molecule has 25 heavy (non-hydrogen) atoms. The minimum atomic E-state index is -0.0198. The maximum Gasteiger partial charge on any atom is 0.226 e. The summed E-state index contributed by atoms with van der Waals surface area (Å²) in [5.41, 5.74) is 8.60. The van der Waals surface area contributed by atoms with E-state index in [4.69, 9.17) is 5.73 Å². The van der Waals surface area contributed by atoms with Gasteiger partial charge in [0.15, 0.2) is 0 Å². The summed E-state index contributed by atoms with van der Waals surface area (Å²) in [5.74, 6) is 0.721. The minimum Gasteiger partial charge on any atom is -0.368 e. The SMILES string of the molecule is Cn1cc(-c2cnc(N)nc2C2CCCN2C(=O)C2CCCC2)cn1. The van der Waals surface area contributed by atoms with Crippen molar-refractivity contribution >= 4 is 11.9 Å². The van der Waals surface area contributed by atoms with Crippen molar-refractivity contribution < 1.29 is 4.79 Å². The van der Waals surface area contributed by atoms with E-state index in [-0.39, 0.29) is 23.8 Å². The Morgan fingerprint density at radius 2 is 2.00 bits per heavy atom. The second-order valence-corrected chi connectivity index (χ2v) is 7.10. The molecule has 2 aromatic heterocycles. The van der Waals surface area contributed by atoms with E-state index in [1.807, 2.05) is 18.1 Å². The zero-order valence-electron chi connectivity index (χ0n) is 14.6. The number of hydrogen-bond donors (Lipinski definition) is 1. The van der Waals surface area contributed by atoms with Gasteiger partial charge in [-0.2, -0.15) is 5.10 Å². The van der Waals surface area contributed by atoms with Gasteiger partial charge >= 0.3 is 0 Å². The number of carbonyl (C=O) groups excluding carboxylic acids is 1. The van der Waals surface area contributed by atoms with Gasteiger partial charge in [0.25, 0.3) is 0 Å². The van der Waals surface area contributed by atoms with Gasteiger partial charge in [-0.1, -0.05) is 12.8 Å². The molecule has 2 N–H and O–H groups in total. The topological polar surface area (TPSA) is 89.9 Å². The molecular weight excluding hydrogens is 316 g/mol. The highest BCUT2D eigenvalue weighted by Gasteiger charge is 2.37. The van der Waals surface area contributed by atoms with Crippen molar-refractivity contribution in [3.05, 3.63) is 24.3 Å². The fraction of sp³-hybridized carbons (Fsp3) is 0.556. The first-order valence-corrected chi connectivity index (χ1v) is 9.05. The molecule has 0 aromatic carbocycles. The summed E-state index contributed by atoms with van der Waals surface area (Å²) >= 11 is 0. The average molecular weight is 340 g/mol. The van der Waals surface area contributed by atoms with E-state index in [1.165, 1.54) is 0 Å². The summed E-state index contributed by atoms with van der Waals surface area (Å²) in [7, 11) is 1.88. The van der Waals surface area contributed by atoms with Crippen molar-refractivity contribution in [2.24, 2.45) is 13.0 Å². The lowest BCUT2D eigenvalue weighted by Gasteiger charge is -2.28. The van der Waals surface area contributed by atoms with Crippen LogP contribution in [0.2, 0.25) is 0 Å². The minimum absolute atomic E-state index is 0.0198. The van der Waals surface area contributed by atoms with Gasteiger partial charge in [-0.3, -0.25) is 9.48 Å². The summed E-state index contributed by atoms with van der Waals surface area (Å²) in [6.45, 7) is 0.802. The Morgan fingerprint density at radius 3 is 2.72 bits per heavy atom. The summed E-state index contributed by atoms with van der Waals surface area (Å²) in [4.78, 5) is 23.7. The van der Waals surface area contributed by atoms with Gasteiger partial charge < -0.3 is 10.6 Å². The summed E-state index contributed by atoms with van der Waals surface area (Å²) in [6, 6.07) is -0.0198. The van der Waals surface area contributed by atoms with Gasteiger partial charge in [0.05, 0.1) is 17.9 Å². The molecule has 1 aliphatic heterocycles. The van der Waals surface area contributed by atoms with Gasteiger partial charge in [-0.25, -0.2) is 9.97 Å². The first-order chi connectivity index (χ1) is 12.1. The predicted octanol–water partition coefficient (Wildman–Crippen LogP) is 2.31. The molecule has 132 valence electrons. The Bertz CT molecular complexity index is 780. The van der Waals surface area contributed by atoms with Crippen LogP contribution < -0.4 is 5.73 Å². The number of likely N-dealkylation sites (tertiary alicyclic amines) is 1. The molecule has 1 saturated heterocycles. The summed E-state index contributed by atoms with van der Waals surface area (Å²) in [5, 5.41) is 4.25. The molecule has 7 heteroatoms. The van der Waals surface area contributed by atoms with Crippen molar-refractivity contribution in [1.82, 2.24) is 24.6 Å². The molecule has 3 heterocycles. The van der Waals surface area contributed by atoms with E-state index in [0.29, 0.717) is 0 Å². The molecule has 1 aliphatic carbocycles. The van der Waals surface area contributed by atoms with E-state index in [0.717, 1.165) is 61.9 Å². The highest BCUT2D eigenvalue weighted by molar-refractivity contribution is 5.80. The van der Waals surface area contributed by atoms with E-state index in [1.54, 1.807) is 17.1 Å². The highest BCUT2D eigenvalue weighted by Crippen LogP contribution is 2.39. The molecule has 1 amide bonds. The van der Waals surface area contributed by atoms with Crippen LogP contribution in [0.4, 0.5) is 5.95 Å². The van der Waals surface area contributed by atoms with Crippen molar-refractivity contribution in [3.8, 4) is 11.1 Å². The Balaban J connectivity index is 1.70. The zero-order valence-corrected chi connectivity index (χ0v) is 14.6. The maximum atomic E-state index is 13.0. The molecular formula is C18H24N6O. The Labute approximate surface area is 147 Å². The largest absolute Gasteiger partial charge is 0.368 e. The zero-order chi connectivity index (χ0) is 17.4. The van der Waals surface area contributed by atoms with Crippen LogP contribution in [0.3, 0.4) is 0 Å². The van der Waals surface area contributed by atoms with Gasteiger partial charge in [0, 0.05) is 43.0 Å². The van der Waals surface area contributed by atoms with Crippen LogP contribution in [0.15, 0.2) is 18.6 Å². The molecule has 2 aliphatic rings. The van der Waals surface area contributed by atoms with Crippen LogP contribution in [0.5, 0.6) is 0 Å². The fourth-order valence-corrected chi connectivity index (χ4v) is 4.17. The van der Waals surface area contributed by atoms with Crippen LogP contribution in [0.25, 0.3) is 11.1 Å². The van der Waals surface area contributed by atoms with E-state index in [2.05, 4.69) is 15.1 Å². The third-order valence-corrected chi connectivity index (χ3v) is 5.41. The maximum absolute atomic E-state index is 13.0. The van der Waals surface area contributed by atoms with E-state index < -0.39 is 0 Å². The fourth-order valence-electron chi connectivity index (χ4n) is 4.17. The standard InChI is InChI=1S/C18H24N6O/c1-23-11-13(9-21-23)14-10-20-18(19)22-16(14)15-7-4-8-24(15)17(25)12-5-2-3-6-12/h9-12,15H,2-8H2,1H3,(H2,19,20,22). The molecule has 0 bridgehead atoms.